The van der Waals surface area contributed by atoms with Crippen LogP contribution in [-0.4, -0.2) is 50.6 Å². The average Bonchev–Trinajstić information content (AvgIpc) is 3.76. The van der Waals surface area contributed by atoms with Crippen LogP contribution in [0.1, 0.15) is 31.7 Å². The first-order chi connectivity index (χ1) is 17.4. The first-order valence-corrected chi connectivity index (χ1v) is 13.9. The van der Waals surface area contributed by atoms with Crippen molar-refractivity contribution in [2.24, 2.45) is 0 Å². The van der Waals surface area contributed by atoms with Crippen LogP contribution in [0.2, 0.25) is 5.02 Å². The summed E-state index contributed by atoms with van der Waals surface area (Å²) in [6, 6.07) is 12.7. The molecule has 1 saturated carbocycles. The van der Waals surface area contributed by atoms with Crippen molar-refractivity contribution in [3.63, 3.8) is 0 Å². The zero-order valence-electron chi connectivity index (χ0n) is 19.4. The van der Waals surface area contributed by atoms with Crippen LogP contribution >= 0.6 is 11.6 Å². The van der Waals surface area contributed by atoms with Crippen molar-refractivity contribution in [2.45, 2.75) is 37.0 Å². The fourth-order valence-corrected chi connectivity index (χ4v) is 6.83. The van der Waals surface area contributed by atoms with E-state index in [1.54, 1.807) is 45.8 Å². The molecule has 4 heterocycles. The minimum Gasteiger partial charge on any atom is -0.296 e. The largest absolute Gasteiger partial charge is 0.296 e. The van der Waals surface area contributed by atoms with Gasteiger partial charge in [0.05, 0.1) is 28.4 Å². The van der Waals surface area contributed by atoms with Crippen molar-refractivity contribution >= 4 is 32.5 Å². The normalized spacial score (nSPS) is 17.5. The fraction of sp³-hybridized carbons (Fsp3) is 0.308. The van der Waals surface area contributed by atoms with E-state index in [0.29, 0.717) is 53.2 Å². The summed E-state index contributed by atoms with van der Waals surface area (Å²) >= 11 is 6.08. The van der Waals surface area contributed by atoms with E-state index in [1.807, 2.05) is 24.3 Å². The summed E-state index contributed by atoms with van der Waals surface area (Å²) in [7, 11) is -3.21. The molecule has 1 aliphatic carbocycles. The topological polar surface area (TPSA) is 98.1 Å². The molecule has 2 aliphatic rings. The molecule has 4 aromatic rings. The smallest absolute Gasteiger partial charge is 0.261 e. The van der Waals surface area contributed by atoms with Crippen LogP contribution in [0.3, 0.4) is 0 Å². The Kier molecular flexibility index (Phi) is 5.86. The van der Waals surface area contributed by atoms with Crippen molar-refractivity contribution in [1.29, 1.82) is 0 Å². The zero-order chi connectivity index (χ0) is 24.9. The van der Waals surface area contributed by atoms with Crippen LogP contribution < -0.4 is 5.56 Å². The van der Waals surface area contributed by atoms with Crippen LogP contribution in [0.5, 0.6) is 0 Å². The molecule has 0 amide bonds. The van der Waals surface area contributed by atoms with Gasteiger partial charge in [-0.15, -0.1) is 0 Å². The van der Waals surface area contributed by atoms with Gasteiger partial charge < -0.3 is 0 Å². The predicted octanol–water partition coefficient (Wildman–Crippen LogP) is 4.30. The summed E-state index contributed by atoms with van der Waals surface area (Å²) in [5, 5.41) is 0.860. The highest BCUT2D eigenvalue weighted by Gasteiger charge is 2.41. The molecular weight excluding hydrogens is 498 g/mol. The van der Waals surface area contributed by atoms with Gasteiger partial charge in [0.2, 0.25) is 10.0 Å². The first kappa shape index (κ1) is 23.3. The van der Waals surface area contributed by atoms with E-state index in [-0.39, 0.29) is 16.9 Å². The Morgan fingerprint density at radius 2 is 1.72 bits per heavy atom. The van der Waals surface area contributed by atoms with Gasteiger partial charge in [-0.05, 0) is 56.0 Å². The standard InChI is InChI=1S/C26H24ClN5O3S/c27-19-5-3-17(4-6-19)23-14-22-25(24(30-23)18-2-1-11-28-15-18)29-16-32(26(22)33)20-9-12-31(13-10-20)36(34,35)21-7-8-21/h1-6,11,14-16,20-21H,7-10,12-13H2. The second kappa shape index (κ2) is 9.06. The number of hydrogen-bond donors (Lipinski definition) is 0. The van der Waals surface area contributed by atoms with E-state index in [4.69, 9.17) is 16.6 Å². The summed E-state index contributed by atoms with van der Waals surface area (Å²) in [4.78, 5) is 27.5. The molecule has 0 unspecified atom stereocenters. The number of piperidine rings is 1. The lowest BCUT2D eigenvalue weighted by molar-refractivity contribution is 0.269. The van der Waals surface area contributed by atoms with E-state index < -0.39 is 10.0 Å². The SMILES string of the molecule is O=c1c2cc(-c3ccc(Cl)cc3)nc(-c3cccnc3)c2ncn1C1CCN(S(=O)(=O)C2CC2)CC1. The third-order valence-electron chi connectivity index (χ3n) is 6.97. The molecule has 0 spiro atoms. The van der Waals surface area contributed by atoms with Crippen LogP contribution in [0.15, 0.2) is 66.0 Å². The number of fused-ring (bicyclic) bond motifs is 1. The molecule has 0 radical (unpaired) electrons. The molecule has 36 heavy (non-hydrogen) atoms. The number of rotatable bonds is 5. The van der Waals surface area contributed by atoms with Gasteiger partial charge >= 0.3 is 0 Å². The molecule has 10 heteroatoms. The number of aromatic nitrogens is 4. The maximum atomic E-state index is 13.8. The summed E-state index contributed by atoms with van der Waals surface area (Å²) in [5.74, 6) is 0. The Morgan fingerprint density at radius 1 is 0.972 bits per heavy atom. The van der Waals surface area contributed by atoms with Gasteiger partial charge in [-0.2, -0.15) is 0 Å². The summed E-state index contributed by atoms with van der Waals surface area (Å²) in [5.41, 5.74) is 3.17. The monoisotopic (exact) mass is 521 g/mol. The number of hydrogen-bond acceptors (Lipinski definition) is 6. The van der Waals surface area contributed by atoms with Gasteiger partial charge in [0.1, 0.15) is 5.52 Å². The highest BCUT2D eigenvalue weighted by atomic mass is 35.5. The van der Waals surface area contributed by atoms with Crippen LogP contribution in [0.4, 0.5) is 0 Å². The van der Waals surface area contributed by atoms with Gasteiger partial charge in [0, 0.05) is 47.7 Å². The number of halogens is 1. The summed E-state index contributed by atoms with van der Waals surface area (Å²) in [6.45, 7) is 0.836. The quantitative estimate of drug-likeness (QED) is 0.388. The zero-order valence-corrected chi connectivity index (χ0v) is 21.0. The minimum atomic E-state index is -3.21. The number of pyridine rings is 2. The number of sulfonamides is 1. The lowest BCUT2D eigenvalue weighted by atomic mass is 10.0. The first-order valence-electron chi connectivity index (χ1n) is 12.0. The van der Waals surface area contributed by atoms with Crippen molar-refractivity contribution in [3.8, 4) is 22.5 Å². The van der Waals surface area contributed by atoms with Gasteiger partial charge in [0.15, 0.2) is 0 Å². The van der Waals surface area contributed by atoms with Crippen molar-refractivity contribution in [1.82, 2.24) is 23.8 Å². The highest BCUT2D eigenvalue weighted by molar-refractivity contribution is 7.90. The maximum Gasteiger partial charge on any atom is 0.261 e. The fourth-order valence-electron chi connectivity index (χ4n) is 4.83. The van der Waals surface area contributed by atoms with E-state index in [9.17, 15) is 13.2 Å². The molecule has 8 nitrogen and oxygen atoms in total. The molecule has 2 fully saturated rings. The van der Waals surface area contributed by atoms with Gasteiger partial charge in [0.25, 0.3) is 5.56 Å². The van der Waals surface area contributed by atoms with E-state index in [1.165, 1.54) is 0 Å². The molecule has 0 atom stereocenters. The van der Waals surface area contributed by atoms with Crippen molar-refractivity contribution < 1.29 is 8.42 Å². The van der Waals surface area contributed by atoms with Crippen LogP contribution in [0, 0.1) is 0 Å². The maximum absolute atomic E-state index is 13.8. The molecule has 3 aromatic heterocycles. The Bertz CT molecular complexity index is 1590. The van der Waals surface area contributed by atoms with E-state index in [2.05, 4.69) is 9.97 Å². The van der Waals surface area contributed by atoms with Crippen molar-refractivity contribution in [2.75, 3.05) is 13.1 Å². The van der Waals surface area contributed by atoms with Gasteiger partial charge in [-0.25, -0.2) is 22.7 Å². The highest BCUT2D eigenvalue weighted by Crippen LogP contribution is 2.34. The Morgan fingerprint density at radius 3 is 2.39 bits per heavy atom. The molecule has 184 valence electrons. The molecular formula is C26H24ClN5O3S. The van der Waals surface area contributed by atoms with E-state index >= 15 is 0 Å². The van der Waals surface area contributed by atoms with Crippen molar-refractivity contribution in [3.05, 3.63) is 76.6 Å². The average molecular weight is 522 g/mol. The Labute approximate surface area is 213 Å². The molecule has 0 N–H and O–H groups in total. The second-order valence-electron chi connectivity index (χ2n) is 9.33. The third-order valence-corrected chi connectivity index (χ3v) is 9.62. The second-order valence-corrected chi connectivity index (χ2v) is 12.0. The van der Waals surface area contributed by atoms with Gasteiger partial charge in [-0.3, -0.25) is 14.3 Å². The molecule has 1 aromatic carbocycles. The van der Waals surface area contributed by atoms with Gasteiger partial charge in [-0.1, -0.05) is 23.7 Å². The predicted molar refractivity (Wildman–Crippen MR) is 139 cm³/mol. The van der Waals surface area contributed by atoms with E-state index in [0.717, 1.165) is 24.0 Å². The lowest BCUT2D eigenvalue weighted by Gasteiger charge is -2.32. The third kappa shape index (κ3) is 4.21. The summed E-state index contributed by atoms with van der Waals surface area (Å²) < 4.78 is 28.5. The molecule has 1 saturated heterocycles. The van der Waals surface area contributed by atoms with Crippen LogP contribution in [0.25, 0.3) is 33.4 Å². The Balaban J connectivity index is 1.42. The molecule has 0 bridgehead atoms. The lowest BCUT2D eigenvalue weighted by Crippen LogP contribution is -2.42. The van der Waals surface area contributed by atoms with Crippen LogP contribution in [-0.2, 0) is 10.0 Å². The number of benzene rings is 1. The Hall–Kier alpha value is -3.14. The molecule has 1 aliphatic heterocycles. The molecule has 6 rings (SSSR count). The number of nitrogens with zero attached hydrogens (tertiary/aromatic N) is 5. The summed E-state index contributed by atoms with van der Waals surface area (Å²) in [6.07, 6.45) is 7.61. The minimum absolute atomic E-state index is 0.117.